The van der Waals surface area contributed by atoms with Crippen LogP contribution in [0.5, 0.6) is 0 Å². The van der Waals surface area contributed by atoms with E-state index in [1.807, 2.05) is 19.9 Å². The third kappa shape index (κ3) is 4.05. The van der Waals surface area contributed by atoms with Gasteiger partial charge in [0.15, 0.2) is 11.4 Å². The van der Waals surface area contributed by atoms with Crippen LogP contribution in [0.1, 0.15) is 58.8 Å². The fourth-order valence-electron chi connectivity index (χ4n) is 7.57. The summed E-state index contributed by atoms with van der Waals surface area (Å²) in [5.74, 6) is -3.03. The van der Waals surface area contributed by atoms with Crippen LogP contribution < -0.4 is 34.7 Å². The molecule has 4 aliphatic carbocycles. The topological polar surface area (TPSA) is 141 Å². The van der Waals surface area contributed by atoms with Crippen molar-refractivity contribution in [3.05, 3.63) is 23.8 Å². The summed E-state index contributed by atoms with van der Waals surface area (Å²) < 4.78 is 5.73. The second-order valence-corrected chi connectivity index (χ2v) is 10.5. The first-order chi connectivity index (χ1) is 15.5. The summed E-state index contributed by atoms with van der Waals surface area (Å²) in [5, 5.41) is 32.0. The molecule has 3 fully saturated rings. The van der Waals surface area contributed by atoms with Crippen molar-refractivity contribution in [3.8, 4) is 0 Å². The van der Waals surface area contributed by atoms with Crippen LogP contribution in [0.4, 0.5) is 0 Å². The molecule has 0 heterocycles. The van der Waals surface area contributed by atoms with E-state index in [-0.39, 0.29) is 65.9 Å². The first kappa shape index (κ1) is 27.3. The molecule has 4 aliphatic rings. The number of fused-ring (bicyclic) bond motifs is 5. The van der Waals surface area contributed by atoms with E-state index in [9.17, 15) is 34.5 Å². The molecule has 34 heavy (non-hydrogen) atoms. The number of aliphatic hydroxyl groups is 2. The Labute approximate surface area is 221 Å². The van der Waals surface area contributed by atoms with Crippen molar-refractivity contribution in [3.63, 3.8) is 0 Å². The number of allylic oxidation sites excluding steroid dienone is 4. The van der Waals surface area contributed by atoms with Gasteiger partial charge in [-0.3, -0.25) is 14.4 Å². The van der Waals surface area contributed by atoms with E-state index in [1.54, 1.807) is 12.2 Å². The van der Waals surface area contributed by atoms with E-state index in [2.05, 4.69) is 0 Å². The maximum absolute atomic E-state index is 13.1. The third-order valence-corrected chi connectivity index (χ3v) is 9.03. The predicted octanol–water partition coefficient (Wildman–Crippen LogP) is -2.36. The van der Waals surface area contributed by atoms with Gasteiger partial charge in [-0.15, -0.1) is 0 Å². The number of carboxylic acids is 1. The Balaban J connectivity index is 0.00000324. The van der Waals surface area contributed by atoms with Crippen molar-refractivity contribution in [1.82, 2.24) is 0 Å². The summed E-state index contributed by atoms with van der Waals surface area (Å²) in [4.78, 5) is 48.3. The van der Waals surface area contributed by atoms with Gasteiger partial charge in [-0.1, -0.05) is 25.5 Å². The molecule has 4 rings (SSSR count). The second kappa shape index (κ2) is 9.62. The molecule has 0 saturated heterocycles. The first-order valence-electron chi connectivity index (χ1n) is 11.7. The SMILES string of the molecule is C[C@]12C=CC(=O)C=C1CC[C@@H]1[C@@H]2[C@@H](O)C[C@@]2(C)[C@H]1CC[C@]2(OC(=O)CCC(=O)[O-])C(=O)CO.[Na+]. The minimum Gasteiger partial charge on any atom is -0.550 e. The van der Waals surface area contributed by atoms with E-state index < -0.39 is 59.7 Å². The number of ketones is 2. The Hall–Kier alpha value is -1.32. The smallest absolute Gasteiger partial charge is 0.550 e. The maximum atomic E-state index is 13.1. The number of hydrogen-bond donors (Lipinski definition) is 2. The molecule has 9 heteroatoms. The first-order valence-corrected chi connectivity index (χ1v) is 11.7. The predicted molar refractivity (Wildman–Crippen MR) is 113 cm³/mol. The van der Waals surface area contributed by atoms with Gasteiger partial charge in [0, 0.05) is 22.7 Å². The van der Waals surface area contributed by atoms with E-state index in [4.69, 9.17) is 4.74 Å². The third-order valence-electron chi connectivity index (χ3n) is 9.03. The average molecular weight is 483 g/mol. The largest absolute Gasteiger partial charge is 1.00 e. The number of esters is 1. The summed E-state index contributed by atoms with van der Waals surface area (Å²) in [7, 11) is 0. The number of hydrogen-bond acceptors (Lipinski definition) is 8. The number of carboxylic acid groups (broad SMARTS) is 1. The summed E-state index contributed by atoms with van der Waals surface area (Å²) in [5.41, 5.74) is -1.97. The molecule has 3 saturated carbocycles. The molecule has 0 aliphatic heterocycles. The molecule has 0 aromatic carbocycles. The van der Waals surface area contributed by atoms with Crippen molar-refractivity contribution < 1.29 is 68.8 Å². The Morgan fingerprint density at radius 2 is 1.91 bits per heavy atom. The number of carbonyl (C=O) groups excluding carboxylic acids is 4. The zero-order chi connectivity index (χ0) is 24.2. The van der Waals surface area contributed by atoms with Gasteiger partial charge >= 0.3 is 35.5 Å². The fraction of sp³-hybridized carbons (Fsp3) is 0.680. The van der Waals surface area contributed by atoms with Crippen LogP contribution in [0.25, 0.3) is 0 Å². The van der Waals surface area contributed by atoms with Crippen LogP contribution in [0.2, 0.25) is 0 Å². The summed E-state index contributed by atoms with van der Waals surface area (Å²) >= 11 is 0. The van der Waals surface area contributed by atoms with Crippen LogP contribution in [-0.4, -0.2) is 52.0 Å². The quantitative estimate of drug-likeness (QED) is 0.317. The summed E-state index contributed by atoms with van der Waals surface area (Å²) in [6.07, 6.45) is 5.81. The zero-order valence-corrected chi connectivity index (χ0v) is 22.0. The Morgan fingerprint density at radius 3 is 2.56 bits per heavy atom. The number of Topliss-reactive ketones (excluding diaryl/α,β-unsaturated/α-hetero) is 1. The van der Waals surface area contributed by atoms with Gasteiger partial charge in [-0.05, 0) is 62.5 Å². The second-order valence-electron chi connectivity index (χ2n) is 10.5. The fourth-order valence-corrected chi connectivity index (χ4v) is 7.57. The molecular formula is C25H31NaO8. The van der Waals surface area contributed by atoms with Crippen LogP contribution in [0.3, 0.4) is 0 Å². The molecule has 2 N–H and O–H groups in total. The average Bonchev–Trinajstić information content (AvgIpc) is 3.04. The molecule has 180 valence electrons. The van der Waals surface area contributed by atoms with Crippen LogP contribution in [-0.2, 0) is 23.9 Å². The monoisotopic (exact) mass is 482 g/mol. The van der Waals surface area contributed by atoms with Gasteiger partial charge in [-0.2, -0.15) is 0 Å². The van der Waals surface area contributed by atoms with Crippen LogP contribution >= 0.6 is 0 Å². The number of carbonyl (C=O) groups is 4. The normalized spacial score (nSPS) is 40.2. The van der Waals surface area contributed by atoms with E-state index in [0.29, 0.717) is 12.8 Å². The molecule has 0 aromatic heterocycles. The number of rotatable bonds is 6. The number of aliphatic hydroxyl groups excluding tert-OH is 2. The van der Waals surface area contributed by atoms with E-state index in [0.717, 1.165) is 12.0 Å². The molecule has 8 nitrogen and oxygen atoms in total. The number of ether oxygens (including phenoxy) is 1. The van der Waals surface area contributed by atoms with Gasteiger partial charge in [0.2, 0.25) is 5.78 Å². The van der Waals surface area contributed by atoms with Crippen molar-refractivity contribution >= 4 is 23.5 Å². The number of aliphatic carboxylic acids is 1. The van der Waals surface area contributed by atoms with E-state index >= 15 is 0 Å². The Bertz CT molecular complexity index is 957. The van der Waals surface area contributed by atoms with Gasteiger partial charge in [-0.25, -0.2) is 0 Å². The summed E-state index contributed by atoms with van der Waals surface area (Å²) in [6.45, 7) is 3.08. The van der Waals surface area contributed by atoms with Gasteiger partial charge in [0.25, 0.3) is 0 Å². The molecule has 0 amide bonds. The van der Waals surface area contributed by atoms with E-state index in [1.165, 1.54) is 0 Å². The molecule has 0 unspecified atom stereocenters. The zero-order valence-electron chi connectivity index (χ0n) is 20.0. The Kier molecular flexibility index (Phi) is 7.71. The molecule has 7 atom stereocenters. The molecule has 0 spiro atoms. The Morgan fingerprint density at radius 1 is 1.21 bits per heavy atom. The standard InChI is InChI=1S/C25H32O8.Na/c1-23-9-7-15(27)11-14(23)3-4-16-17-8-10-25(19(29)13-26,33-21(32)6-5-20(30)31)24(17,2)12-18(28)22(16)23;/h7,9,11,16-18,22,26,28H,3-6,8,10,12-13H2,1-2H3,(H,30,31);/q;+1/p-1/t16-,17-,18-,22+,23-,24-,25-;/m0./s1. The molecule has 0 bridgehead atoms. The minimum absolute atomic E-state index is 0. The summed E-state index contributed by atoms with van der Waals surface area (Å²) in [6, 6.07) is 0. The molecular weight excluding hydrogens is 451 g/mol. The van der Waals surface area contributed by atoms with Crippen molar-refractivity contribution in [1.29, 1.82) is 0 Å². The van der Waals surface area contributed by atoms with Gasteiger partial charge in [0.1, 0.15) is 6.61 Å². The van der Waals surface area contributed by atoms with Crippen molar-refractivity contribution in [2.24, 2.45) is 28.6 Å². The van der Waals surface area contributed by atoms with Crippen molar-refractivity contribution in [2.45, 2.75) is 70.5 Å². The molecule has 0 radical (unpaired) electrons. The molecule has 0 aromatic rings. The maximum Gasteiger partial charge on any atom is 1.00 e. The van der Waals surface area contributed by atoms with Crippen LogP contribution in [0.15, 0.2) is 23.8 Å². The van der Waals surface area contributed by atoms with Gasteiger partial charge in [0.05, 0.1) is 12.5 Å². The minimum atomic E-state index is -1.61. The van der Waals surface area contributed by atoms with Crippen LogP contribution in [0, 0.1) is 28.6 Å². The van der Waals surface area contributed by atoms with Gasteiger partial charge < -0.3 is 24.9 Å². The van der Waals surface area contributed by atoms with Crippen molar-refractivity contribution in [2.75, 3.05) is 6.61 Å².